The molecule has 0 heterocycles. The third-order valence-electron chi connectivity index (χ3n) is 9.32. The van der Waals surface area contributed by atoms with Gasteiger partial charge in [-0.2, -0.15) is 0 Å². The number of aliphatic hydroxyl groups excluding tert-OH is 2. The zero-order chi connectivity index (χ0) is 42.5. The summed E-state index contributed by atoms with van der Waals surface area (Å²) < 4.78 is 34.1. The Morgan fingerprint density at radius 1 is 0.614 bits per heavy atom. The molecule has 0 fully saturated rings. The summed E-state index contributed by atoms with van der Waals surface area (Å²) in [5.74, 6) is -1.09. The average Bonchev–Trinajstić information content (AvgIpc) is 3.15. The molecule has 0 saturated carbocycles. The Hall–Kier alpha value is -2.11. The smallest absolute Gasteiger partial charge is 0.462 e. The van der Waals surface area contributed by atoms with Gasteiger partial charge in [0.05, 0.1) is 40.0 Å². The standard InChI is InChI=1S/C45H82NO10P/c1-6-8-10-12-14-16-18-20-21-23-25-27-29-31-35-44(49)53-39-41(40-55-57(51,52)54-38-37-46(3,4)5)56-45(50)36-32-34-43(48)42(47)33-30-28-26-24-22-19-17-15-13-11-9-7-2/h9,11,15,17,22,24,28,30,41-43,47-48H,6-8,10,12-14,16,18-21,23,25-27,29,31-40H2,1-5H3/p+1/b11-9-,17-15-,24-22-,30-28-/t41-,42-,43-/m1/s1. The van der Waals surface area contributed by atoms with E-state index in [1.165, 1.54) is 64.2 Å². The average molecular weight is 829 g/mol. The first-order chi connectivity index (χ1) is 27.3. The number of carbonyl (C=O) groups excluding carboxylic acids is 2. The lowest BCUT2D eigenvalue weighted by Crippen LogP contribution is -2.37. The number of esters is 2. The van der Waals surface area contributed by atoms with E-state index in [-0.39, 0.29) is 45.3 Å². The van der Waals surface area contributed by atoms with E-state index in [0.29, 0.717) is 17.4 Å². The molecule has 0 spiro atoms. The molecule has 3 N–H and O–H groups in total. The van der Waals surface area contributed by atoms with Crippen LogP contribution < -0.4 is 0 Å². The van der Waals surface area contributed by atoms with Gasteiger partial charge in [0.25, 0.3) is 0 Å². The Kier molecular flexibility index (Phi) is 35.6. The molecule has 0 saturated heterocycles. The van der Waals surface area contributed by atoms with Gasteiger partial charge in [0.15, 0.2) is 6.10 Å². The monoisotopic (exact) mass is 829 g/mol. The SMILES string of the molecule is CC/C=C\C/C=C\C/C=C\C/C=C\C[C@@H](O)[C@H](O)CCCC(=O)O[C@H](COC(=O)CCCCCCCCCCCCCCCC)COP(=O)(O)OCC[N+](C)(C)C. The van der Waals surface area contributed by atoms with Gasteiger partial charge in [-0.3, -0.25) is 18.6 Å². The highest BCUT2D eigenvalue weighted by molar-refractivity contribution is 7.47. The largest absolute Gasteiger partial charge is 0.472 e. The summed E-state index contributed by atoms with van der Waals surface area (Å²) in [6.45, 7) is 3.96. The van der Waals surface area contributed by atoms with Gasteiger partial charge in [-0.15, -0.1) is 0 Å². The van der Waals surface area contributed by atoms with Crippen LogP contribution in [0.3, 0.4) is 0 Å². The summed E-state index contributed by atoms with van der Waals surface area (Å²) in [5.41, 5.74) is 0. The van der Waals surface area contributed by atoms with E-state index in [1.54, 1.807) is 0 Å². The number of allylic oxidation sites excluding steroid dienone is 7. The highest BCUT2D eigenvalue weighted by atomic mass is 31.2. The maximum absolute atomic E-state index is 12.7. The number of nitrogens with zero attached hydrogens (tertiary/aromatic N) is 1. The lowest BCUT2D eigenvalue weighted by molar-refractivity contribution is -0.870. The molecular formula is C45H83NO10P+. The molecule has 4 atom stereocenters. The number of phosphoric acid groups is 1. The third kappa shape index (κ3) is 39.1. The van der Waals surface area contributed by atoms with Crippen molar-refractivity contribution in [1.82, 2.24) is 0 Å². The summed E-state index contributed by atoms with van der Waals surface area (Å²) in [6.07, 6.45) is 34.7. The Morgan fingerprint density at radius 3 is 1.63 bits per heavy atom. The van der Waals surface area contributed by atoms with E-state index >= 15 is 0 Å². The molecule has 57 heavy (non-hydrogen) atoms. The Bertz CT molecular complexity index is 1150. The number of hydrogen-bond donors (Lipinski definition) is 3. The van der Waals surface area contributed by atoms with Crippen molar-refractivity contribution < 1.29 is 52.3 Å². The van der Waals surface area contributed by atoms with Crippen LogP contribution in [0.15, 0.2) is 48.6 Å². The molecule has 12 heteroatoms. The Balaban J connectivity index is 4.62. The van der Waals surface area contributed by atoms with Crippen LogP contribution in [0.25, 0.3) is 0 Å². The number of likely N-dealkylation sites (N-methyl/N-ethyl adjacent to an activating group) is 1. The summed E-state index contributed by atoms with van der Waals surface area (Å²) in [7, 11) is 1.30. The van der Waals surface area contributed by atoms with Crippen LogP contribution in [-0.4, -0.2) is 97.3 Å². The molecule has 0 aromatic carbocycles. The minimum Gasteiger partial charge on any atom is -0.462 e. The second-order valence-corrected chi connectivity index (χ2v) is 17.5. The predicted octanol–water partition coefficient (Wildman–Crippen LogP) is 10.2. The van der Waals surface area contributed by atoms with Crippen molar-refractivity contribution in [2.45, 2.75) is 180 Å². The van der Waals surface area contributed by atoms with Gasteiger partial charge in [-0.1, -0.05) is 146 Å². The summed E-state index contributed by atoms with van der Waals surface area (Å²) in [4.78, 5) is 35.4. The van der Waals surface area contributed by atoms with Crippen molar-refractivity contribution in [2.75, 3.05) is 47.5 Å². The normalized spacial score (nSPS) is 15.2. The van der Waals surface area contributed by atoms with Crippen molar-refractivity contribution in [3.63, 3.8) is 0 Å². The molecule has 0 aromatic heterocycles. The van der Waals surface area contributed by atoms with Crippen LogP contribution in [0.1, 0.15) is 162 Å². The minimum atomic E-state index is -4.46. The number of unbranched alkanes of at least 4 members (excludes halogenated alkanes) is 13. The van der Waals surface area contributed by atoms with Gasteiger partial charge in [0, 0.05) is 12.8 Å². The van der Waals surface area contributed by atoms with Gasteiger partial charge < -0.3 is 29.1 Å². The fourth-order valence-electron chi connectivity index (χ4n) is 5.75. The summed E-state index contributed by atoms with van der Waals surface area (Å²) >= 11 is 0. The molecule has 0 aliphatic heterocycles. The molecule has 0 aliphatic rings. The van der Waals surface area contributed by atoms with Crippen molar-refractivity contribution >= 4 is 19.8 Å². The van der Waals surface area contributed by atoms with E-state index in [0.717, 1.165) is 44.9 Å². The van der Waals surface area contributed by atoms with Crippen LogP contribution in [0.4, 0.5) is 0 Å². The van der Waals surface area contributed by atoms with Crippen molar-refractivity contribution in [1.29, 1.82) is 0 Å². The molecule has 1 unspecified atom stereocenters. The van der Waals surface area contributed by atoms with Gasteiger partial charge in [-0.05, 0) is 51.4 Å². The first-order valence-electron chi connectivity index (χ1n) is 22.0. The quantitative estimate of drug-likeness (QED) is 0.0180. The van der Waals surface area contributed by atoms with Gasteiger partial charge in [-0.25, -0.2) is 4.57 Å². The number of ether oxygens (including phenoxy) is 2. The second kappa shape index (κ2) is 36.9. The number of hydrogen-bond acceptors (Lipinski definition) is 9. The number of aliphatic hydroxyl groups is 2. The minimum absolute atomic E-state index is 0.0215. The van der Waals surface area contributed by atoms with Crippen LogP contribution in [0, 0.1) is 0 Å². The number of quaternary nitrogens is 1. The lowest BCUT2D eigenvalue weighted by Gasteiger charge is -2.24. The van der Waals surface area contributed by atoms with Gasteiger partial charge in [0.1, 0.15) is 19.8 Å². The first kappa shape index (κ1) is 54.9. The van der Waals surface area contributed by atoms with Crippen molar-refractivity contribution in [3.8, 4) is 0 Å². The molecule has 0 aromatic rings. The van der Waals surface area contributed by atoms with Gasteiger partial charge >= 0.3 is 19.8 Å². The molecule has 332 valence electrons. The van der Waals surface area contributed by atoms with E-state index in [1.807, 2.05) is 33.3 Å². The molecule has 11 nitrogen and oxygen atoms in total. The molecule has 0 radical (unpaired) electrons. The summed E-state index contributed by atoms with van der Waals surface area (Å²) in [6, 6.07) is 0. The topological polar surface area (TPSA) is 149 Å². The van der Waals surface area contributed by atoms with E-state index in [2.05, 4.69) is 50.3 Å². The molecular weight excluding hydrogens is 745 g/mol. The lowest BCUT2D eigenvalue weighted by atomic mass is 10.0. The number of phosphoric ester groups is 1. The predicted molar refractivity (Wildman–Crippen MR) is 232 cm³/mol. The molecule has 0 amide bonds. The van der Waals surface area contributed by atoms with Crippen LogP contribution in [0.5, 0.6) is 0 Å². The van der Waals surface area contributed by atoms with E-state index in [9.17, 15) is 29.3 Å². The Labute approximate surface area is 347 Å². The van der Waals surface area contributed by atoms with Crippen molar-refractivity contribution in [2.24, 2.45) is 0 Å². The van der Waals surface area contributed by atoms with E-state index in [4.69, 9.17) is 18.5 Å². The number of rotatable bonds is 39. The van der Waals surface area contributed by atoms with Crippen molar-refractivity contribution in [3.05, 3.63) is 48.6 Å². The Morgan fingerprint density at radius 2 is 1.11 bits per heavy atom. The maximum Gasteiger partial charge on any atom is 0.472 e. The fraction of sp³-hybridized carbons (Fsp3) is 0.778. The van der Waals surface area contributed by atoms with E-state index < -0.39 is 44.7 Å². The first-order valence-corrected chi connectivity index (χ1v) is 23.5. The van der Waals surface area contributed by atoms with Crippen LogP contribution in [-0.2, 0) is 32.7 Å². The third-order valence-corrected chi connectivity index (χ3v) is 10.3. The van der Waals surface area contributed by atoms with Crippen LogP contribution in [0.2, 0.25) is 0 Å². The molecule has 0 rings (SSSR count). The zero-order valence-electron chi connectivity index (χ0n) is 36.5. The summed E-state index contributed by atoms with van der Waals surface area (Å²) in [5, 5.41) is 20.8. The highest BCUT2D eigenvalue weighted by Crippen LogP contribution is 2.43. The highest BCUT2D eigenvalue weighted by Gasteiger charge is 2.27. The zero-order valence-corrected chi connectivity index (χ0v) is 37.4. The molecule has 0 aliphatic carbocycles. The van der Waals surface area contributed by atoms with Gasteiger partial charge in [0.2, 0.25) is 0 Å². The van der Waals surface area contributed by atoms with Crippen LogP contribution >= 0.6 is 7.82 Å². The fourth-order valence-corrected chi connectivity index (χ4v) is 6.49. The second-order valence-electron chi connectivity index (χ2n) is 16.0. The number of carbonyl (C=O) groups is 2. The maximum atomic E-state index is 12.7. The molecule has 0 bridgehead atoms.